The lowest BCUT2D eigenvalue weighted by Crippen LogP contribution is -2.66. The lowest BCUT2D eigenvalue weighted by molar-refractivity contribution is -0.497. The van der Waals surface area contributed by atoms with Gasteiger partial charge in [-0.05, 0) is 98.2 Å². The van der Waals surface area contributed by atoms with Crippen molar-refractivity contribution in [1.82, 2.24) is 20.1 Å². The number of fused-ring (bicyclic) bond motifs is 2. The maximum absolute atomic E-state index is 15.2. The van der Waals surface area contributed by atoms with Crippen molar-refractivity contribution in [3.05, 3.63) is 135 Å². The molecule has 4 aromatic carbocycles. The summed E-state index contributed by atoms with van der Waals surface area (Å²) in [6.07, 6.45) is -0.892. The molecule has 1 fully saturated rings. The van der Waals surface area contributed by atoms with Crippen LogP contribution < -0.4 is 9.47 Å². The van der Waals surface area contributed by atoms with Crippen LogP contribution in [0.4, 0.5) is 22.8 Å². The number of hydrogen-bond donors (Lipinski definition) is 2. The van der Waals surface area contributed by atoms with Crippen molar-refractivity contribution in [1.29, 1.82) is 0 Å². The summed E-state index contributed by atoms with van der Waals surface area (Å²) in [7, 11) is 0. The molecule has 2 heterocycles. The number of piperazine rings is 1. The van der Waals surface area contributed by atoms with Crippen molar-refractivity contribution in [2.75, 3.05) is 26.2 Å². The summed E-state index contributed by atoms with van der Waals surface area (Å²) in [6.45, 7) is 4.33. The molecule has 0 saturated carbocycles. The van der Waals surface area contributed by atoms with Gasteiger partial charge in [-0.2, -0.15) is 4.39 Å². The van der Waals surface area contributed by atoms with Crippen molar-refractivity contribution in [3.63, 3.8) is 0 Å². The Morgan fingerprint density at radius 2 is 1.58 bits per heavy atom. The molecule has 2 atom stereocenters. The molecular formula is C45H45Cl4F3N4O9. The van der Waals surface area contributed by atoms with Crippen LogP contribution in [0.3, 0.4) is 0 Å². The first-order chi connectivity index (χ1) is 30.8. The van der Waals surface area contributed by atoms with E-state index in [-0.39, 0.29) is 57.1 Å². The highest BCUT2D eigenvalue weighted by Crippen LogP contribution is 2.44. The van der Waals surface area contributed by atoms with E-state index in [1.165, 1.54) is 35.8 Å². The fraction of sp³-hybridized carbons (Fsp3) is 0.356. The standard InChI is InChI=1S/C45H45Cl4F3N4O9/c1-4-53(23-30-11-5-6-13-34(30)46)41(57)38-33(29-16-14-27(15-17-29)10-8-20-62-40-36(51)19-18-35(50)39(40)52)22-31-24-54(25-37(38)55(31)43(59)65-44(2,3)45(47,48)49)42(58)64-32-12-7-9-28(21-32)26-63-56(60)61/h5-7,9,11-19,21,31,37,60-61H,4,8,10,20,22-26H2,1-3H3. The van der Waals surface area contributed by atoms with Crippen LogP contribution in [-0.4, -0.2) is 96.3 Å². The Hall–Kier alpha value is -4.78. The zero-order valence-corrected chi connectivity index (χ0v) is 38.3. The van der Waals surface area contributed by atoms with E-state index in [2.05, 4.69) is 4.84 Å². The molecule has 2 bridgehead atoms. The molecule has 2 aliphatic rings. The van der Waals surface area contributed by atoms with Gasteiger partial charge < -0.3 is 24.0 Å². The Bertz CT molecular complexity index is 2410. The van der Waals surface area contributed by atoms with Crippen LogP contribution in [0.2, 0.25) is 5.02 Å². The van der Waals surface area contributed by atoms with Crippen LogP contribution in [-0.2, 0) is 33.9 Å². The number of halogens is 7. The van der Waals surface area contributed by atoms with Crippen LogP contribution in [0, 0.1) is 17.5 Å². The monoisotopic (exact) mass is 982 g/mol. The molecule has 0 aromatic heterocycles. The van der Waals surface area contributed by atoms with E-state index in [0.29, 0.717) is 46.2 Å². The number of alkyl halides is 3. The second kappa shape index (κ2) is 21.2. The number of likely N-dealkylation sites (N-methyl/N-ethyl adjacent to an activating group) is 1. The molecule has 0 radical (unpaired) electrons. The molecule has 1 saturated heterocycles. The molecule has 3 amide bonds. The summed E-state index contributed by atoms with van der Waals surface area (Å²) in [5, 5.41) is 18.0. The Balaban J connectivity index is 1.36. The summed E-state index contributed by atoms with van der Waals surface area (Å²) in [5.41, 5.74) is 1.73. The molecule has 0 aliphatic carbocycles. The Morgan fingerprint density at radius 3 is 2.26 bits per heavy atom. The third kappa shape index (κ3) is 12.0. The van der Waals surface area contributed by atoms with Gasteiger partial charge in [0.2, 0.25) is 9.61 Å². The number of carbonyl (C=O) groups excluding carboxylic acids is 3. The van der Waals surface area contributed by atoms with Crippen LogP contribution in [0.1, 0.15) is 55.9 Å². The van der Waals surface area contributed by atoms with E-state index in [0.717, 1.165) is 11.6 Å². The zero-order chi connectivity index (χ0) is 47.2. The predicted molar refractivity (Wildman–Crippen MR) is 235 cm³/mol. The Labute approximate surface area is 393 Å². The van der Waals surface area contributed by atoms with Crippen molar-refractivity contribution < 1.29 is 57.0 Å². The number of benzene rings is 4. The van der Waals surface area contributed by atoms with Crippen molar-refractivity contribution in [2.45, 2.75) is 74.7 Å². The molecule has 4 aromatic rings. The minimum absolute atomic E-state index is 0.0535. The molecule has 20 heteroatoms. The Morgan fingerprint density at radius 1 is 0.877 bits per heavy atom. The van der Waals surface area contributed by atoms with E-state index in [4.69, 9.17) is 71.0 Å². The van der Waals surface area contributed by atoms with E-state index in [1.807, 2.05) is 24.3 Å². The normalized spacial score (nSPS) is 16.4. The summed E-state index contributed by atoms with van der Waals surface area (Å²) in [5.74, 6) is -4.78. The highest BCUT2D eigenvalue weighted by molar-refractivity contribution is 6.68. The number of carbonyl (C=O) groups is 3. The maximum atomic E-state index is 15.2. The van der Waals surface area contributed by atoms with Crippen LogP contribution >= 0.6 is 46.4 Å². The van der Waals surface area contributed by atoms with Gasteiger partial charge in [0.1, 0.15) is 5.75 Å². The van der Waals surface area contributed by atoms with Gasteiger partial charge in [0.25, 0.3) is 5.91 Å². The Kier molecular flexibility index (Phi) is 16.2. The molecule has 2 aliphatic heterocycles. The molecule has 2 N–H and O–H groups in total. The van der Waals surface area contributed by atoms with Gasteiger partial charge in [-0.3, -0.25) is 20.1 Å². The van der Waals surface area contributed by atoms with Gasteiger partial charge in [0.05, 0.1) is 30.7 Å². The molecule has 2 unspecified atom stereocenters. The molecule has 65 heavy (non-hydrogen) atoms. The van der Waals surface area contributed by atoms with Crippen LogP contribution in [0.5, 0.6) is 11.5 Å². The first-order valence-corrected chi connectivity index (χ1v) is 21.8. The van der Waals surface area contributed by atoms with Gasteiger partial charge in [0.15, 0.2) is 23.0 Å². The van der Waals surface area contributed by atoms with Gasteiger partial charge in [-0.15, -0.1) is 0 Å². The van der Waals surface area contributed by atoms with Crippen molar-refractivity contribution >= 4 is 70.1 Å². The average Bonchev–Trinajstić information content (AvgIpc) is 3.25. The number of aryl methyl sites for hydroxylation is 1. The summed E-state index contributed by atoms with van der Waals surface area (Å²) in [6, 6.07) is 20.1. The molecule has 0 spiro atoms. The first kappa shape index (κ1) is 49.6. The van der Waals surface area contributed by atoms with E-state index >= 15 is 4.79 Å². The summed E-state index contributed by atoms with van der Waals surface area (Å²) < 4.78 is 56.8. The maximum Gasteiger partial charge on any atom is 0.415 e. The van der Waals surface area contributed by atoms with Gasteiger partial charge >= 0.3 is 12.2 Å². The van der Waals surface area contributed by atoms with Gasteiger partial charge in [-0.25, -0.2) is 23.2 Å². The second-order valence-electron chi connectivity index (χ2n) is 15.7. The minimum Gasteiger partial charge on any atom is -0.488 e. The van der Waals surface area contributed by atoms with Crippen LogP contribution in [0.25, 0.3) is 5.57 Å². The topological polar surface area (TPSA) is 142 Å². The quantitative estimate of drug-likeness (QED) is 0.0512. The third-order valence-corrected chi connectivity index (χ3v) is 12.7. The van der Waals surface area contributed by atoms with Crippen LogP contribution in [0.15, 0.2) is 90.5 Å². The minimum atomic E-state index is -2.05. The van der Waals surface area contributed by atoms with Gasteiger partial charge in [-0.1, -0.05) is 101 Å². The fourth-order valence-electron chi connectivity index (χ4n) is 7.50. The zero-order valence-electron chi connectivity index (χ0n) is 35.3. The van der Waals surface area contributed by atoms with Crippen molar-refractivity contribution in [3.8, 4) is 11.5 Å². The smallest absolute Gasteiger partial charge is 0.415 e. The summed E-state index contributed by atoms with van der Waals surface area (Å²) >= 11 is 25.3. The third-order valence-electron chi connectivity index (χ3n) is 11.0. The number of amides is 3. The molecule has 348 valence electrons. The van der Waals surface area contributed by atoms with E-state index < -0.39 is 68.2 Å². The largest absolute Gasteiger partial charge is 0.488 e. The molecule has 6 rings (SSSR count). The lowest BCUT2D eigenvalue weighted by Gasteiger charge is -2.51. The number of nitrogens with zero attached hydrogens (tertiary/aromatic N) is 4. The van der Waals surface area contributed by atoms with E-state index in [9.17, 15) is 22.8 Å². The highest BCUT2D eigenvalue weighted by atomic mass is 35.6. The highest BCUT2D eigenvalue weighted by Gasteiger charge is 2.52. The first-order valence-electron chi connectivity index (χ1n) is 20.3. The van der Waals surface area contributed by atoms with E-state index in [1.54, 1.807) is 48.2 Å². The second-order valence-corrected chi connectivity index (χ2v) is 18.4. The summed E-state index contributed by atoms with van der Waals surface area (Å²) in [4.78, 5) is 52.6. The SMILES string of the molecule is CCN(Cc1ccccc1Cl)C(=O)C1=C(c2ccc(CCCOc3c(F)ccc(F)c3F)cc2)CC2CN(C(=O)Oc3cccc(CON(O)O)c3)CC1N2C(=O)OC(C)(C)C(Cl)(Cl)Cl. The lowest BCUT2D eigenvalue weighted by atomic mass is 9.81. The average molecular weight is 985 g/mol. The number of hydrogen-bond acceptors (Lipinski definition) is 10. The molecule has 13 nitrogen and oxygen atoms in total. The van der Waals surface area contributed by atoms with Gasteiger partial charge in [0, 0.05) is 36.8 Å². The predicted octanol–water partition coefficient (Wildman–Crippen LogP) is 10.3. The number of rotatable bonds is 15. The van der Waals surface area contributed by atoms with Crippen molar-refractivity contribution in [2.24, 2.45) is 0 Å². The number of ether oxygens (including phenoxy) is 3. The molecular weight excluding hydrogens is 939 g/mol. The fourth-order valence-corrected chi connectivity index (χ4v) is 7.81.